The van der Waals surface area contributed by atoms with Crippen LogP contribution in [0.15, 0.2) is 5.38 Å². The standard InChI is InChI=1S/C15H23N5O2S/c1-4-21-10(2)15-17-12(9-23-15)7-20-5-6-22-13(8-20)14-16-11(3)18-19-14/h9-10,13H,4-8H2,1-3H3,(H,16,18,19)/t10-,13+/m1/s1. The molecule has 7 nitrogen and oxygen atoms in total. The van der Waals surface area contributed by atoms with Gasteiger partial charge < -0.3 is 9.47 Å². The number of thiazole rings is 1. The van der Waals surface area contributed by atoms with Crippen molar-refractivity contribution in [3.63, 3.8) is 0 Å². The Hall–Kier alpha value is -1.35. The molecule has 0 spiro atoms. The lowest BCUT2D eigenvalue weighted by atomic mass is 10.2. The number of morpholine rings is 1. The molecule has 1 saturated heterocycles. The quantitative estimate of drug-likeness (QED) is 0.871. The molecule has 2 aromatic heterocycles. The van der Waals surface area contributed by atoms with E-state index >= 15 is 0 Å². The van der Waals surface area contributed by atoms with E-state index in [0.29, 0.717) is 13.2 Å². The highest BCUT2D eigenvalue weighted by atomic mass is 32.1. The van der Waals surface area contributed by atoms with E-state index in [0.717, 1.165) is 42.0 Å². The summed E-state index contributed by atoms with van der Waals surface area (Å²) in [5, 5.41) is 10.2. The minimum absolute atomic E-state index is 0.0624. The molecule has 23 heavy (non-hydrogen) atoms. The number of nitrogens with zero attached hydrogens (tertiary/aromatic N) is 4. The number of nitrogens with one attached hydrogen (secondary N) is 1. The number of aryl methyl sites for hydroxylation is 1. The van der Waals surface area contributed by atoms with Crippen LogP contribution >= 0.6 is 11.3 Å². The molecule has 1 fully saturated rings. The molecule has 126 valence electrons. The van der Waals surface area contributed by atoms with Gasteiger partial charge in [0.05, 0.1) is 12.3 Å². The van der Waals surface area contributed by atoms with E-state index in [1.165, 1.54) is 0 Å². The van der Waals surface area contributed by atoms with Gasteiger partial charge in [0.2, 0.25) is 0 Å². The Bertz CT molecular complexity index is 629. The van der Waals surface area contributed by atoms with Crippen LogP contribution in [0.5, 0.6) is 0 Å². The molecule has 1 aliphatic rings. The summed E-state index contributed by atoms with van der Waals surface area (Å²) in [5.41, 5.74) is 1.09. The molecule has 1 aliphatic heterocycles. The molecule has 0 unspecified atom stereocenters. The van der Waals surface area contributed by atoms with Crippen LogP contribution in [0.1, 0.15) is 48.4 Å². The zero-order valence-corrected chi connectivity index (χ0v) is 14.6. The minimum Gasteiger partial charge on any atom is -0.372 e. The Balaban J connectivity index is 1.59. The van der Waals surface area contributed by atoms with Gasteiger partial charge in [-0.2, -0.15) is 5.10 Å². The Morgan fingerprint density at radius 3 is 3.13 bits per heavy atom. The normalized spacial score (nSPS) is 20.7. The first-order valence-corrected chi connectivity index (χ1v) is 8.82. The molecule has 0 radical (unpaired) electrons. The van der Waals surface area contributed by atoms with Crippen LogP contribution in [0, 0.1) is 6.92 Å². The highest BCUT2D eigenvalue weighted by Gasteiger charge is 2.25. The van der Waals surface area contributed by atoms with Crippen LogP contribution in [-0.4, -0.2) is 51.4 Å². The van der Waals surface area contributed by atoms with Gasteiger partial charge in [-0.3, -0.25) is 10.00 Å². The maximum absolute atomic E-state index is 5.80. The Kier molecular flexibility index (Phi) is 5.37. The summed E-state index contributed by atoms with van der Waals surface area (Å²) >= 11 is 1.66. The molecule has 3 heterocycles. The largest absolute Gasteiger partial charge is 0.372 e. The average molecular weight is 337 g/mol. The first-order valence-electron chi connectivity index (χ1n) is 7.94. The smallest absolute Gasteiger partial charge is 0.180 e. The fraction of sp³-hybridized carbons (Fsp3) is 0.667. The molecule has 2 atom stereocenters. The number of aromatic nitrogens is 4. The molecule has 3 rings (SSSR count). The van der Waals surface area contributed by atoms with Gasteiger partial charge in [0.25, 0.3) is 0 Å². The van der Waals surface area contributed by atoms with E-state index in [1.54, 1.807) is 11.3 Å². The van der Waals surface area contributed by atoms with Crippen molar-refractivity contribution in [2.75, 3.05) is 26.3 Å². The third-order valence-electron chi connectivity index (χ3n) is 3.77. The lowest BCUT2D eigenvalue weighted by Gasteiger charge is -2.31. The molecule has 2 aromatic rings. The third-order valence-corrected chi connectivity index (χ3v) is 4.83. The van der Waals surface area contributed by atoms with Crippen molar-refractivity contribution >= 4 is 11.3 Å². The molecule has 1 N–H and O–H groups in total. The van der Waals surface area contributed by atoms with Gasteiger partial charge >= 0.3 is 0 Å². The maximum Gasteiger partial charge on any atom is 0.180 e. The summed E-state index contributed by atoms with van der Waals surface area (Å²) in [6.07, 6.45) is -0.0124. The number of H-pyrrole nitrogens is 1. The number of ether oxygens (including phenoxy) is 2. The highest BCUT2D eigenvalue weighted by Crippen LogP contribution is 2.24. The first-order chi connectivity index (χ1) is 11.2. The fourth-order valence-electron chi connectivity index (χ4n) is 2.64. The zero-order chi connectivity index (χ0) is 16.2. The topological polar surface area (TPSA) is 76.2 Å². The van der Waals surface area contributed by atoms with Crippen molar-refractivity contribution in [1.82, 2.24) is 25.1 Å². The summed E-state index contributed by atoms with van der Waals surface area (Å²) in [5.74, 6) is 1.55. The second kappa shape index (κ2) is 7.48. The van der Waals surface area contributed by atoms with Crippen LogP contribution in [0.2, 0.25) is 0 Å². The number of hydrogen-bond donors (Lipinski definition) is 1. The molecular formula is C15H23N5O2S. The van der Waals surface area contributed by atoms with Gasteiger partial charge in [0.15, 0.2) is 5.82 Å². The first kappa shape index (κ1) is 16.5. The van der Waals surface area contributed by atoms with Gasteiger partial charge in [-0.25, -0.2) is 9.97 Å². The van der Waals surface area contributed by atoms with Crippen LogP contribution in [-0.2, 0) is 16.0 Å². The van der Waals surface area contributed by atoms with Crippen LogP contribution in [0.25, 0.3) is 0 Å². The number of rotatable bonds is 6. The van der Waals surface area contributed by atoms with Crippen molar-refractivity contribution in [2.24, 2.45) is 0 Å². The molecule has 0 amide bonds. The Morgan fingerprint density at radius 2 is 2.39 bits per heavy atom. The molecular weight excluding hydrogens is 314 g/mol. The van der Waals surface area contributed by atoms with E-state index in [9.17, 15) is 0 Å². The van der Waals surface area contributed by atoms with E-state index in [1.807, 2.05) is 20.8 Å². The molecule has 0 bridgehead atoms. The molecule has 8 heteroatoms. The average Bonchev–Trinajstić information content (AvgIpc) is 3.17. The summed E-state index contributed by atoms with van der Waals surface area (Å²) in [6.45, 7) is 9.83. The van der Waals surface area contributed by atoms with Gasteiger partial charge in [0.1, 0.15) is 23.0 Å². The van der Waals surface area contributed by atoms with Crippen LogP contribution in [0.4, 0.5) is 0 Å². The monoisotopic (exact) mass is 337 g/mol. The van der Waals surface area contributed by atoms with Crippen molar-refractivity contribution < 1.29 is 9.47 Å². The van der Waals surface area contributed by atoms with Gasteiger partial charge in [-0.1, -0.05) is 0 Å². The SMILES string of the molecule is CCO[C@H](C)c1nc(CN2CCO[C@H](c3n[nH]c(C)n3)C2)cs1. The molecule has 0 aliphatic carbocycles. The number of hydrogen-bond acceptors (Lipinski definition) is 7. The molecule has 0 aromatic carbocycles. The van der Waals surface area contributed by atoms with Gasteiger partial charge in [0, 0.05) is 31.6 Å². The van der Waals surface area contributed by atoms with E-state index in [4.69, 9.17) is 14.5 Å². The molecule has 0 saturated carbocycles. The zero-order valence-electron chi connectivity index (χ0n) is 13.8. The lowest BCUT2D eigenvalue weighted by molar-refractivity contribution is -0.0374. The van der Waals surface area contributed by atoms with Crippen molar-refractivity contribution in [2.45, 2.75) is 39.5 Å². The highest BCUT2D eigenvalue weighted by molar-refractivity contribution is 7.09. The lowest BCUT2D eigenvalue weighted by Crippen LogP contribution is -2.38. The second-order valence-corrected chi connectivity index (χ2v) is 6.54. The Morgan fingerprint density at radius 1 is 1.52 bits per heavy atom. The van der Waals surface area contributed by atoms with Crippen molar-refractivity contribution in [1.29, 1.82) is 0 Å². The second-order valence-electron chi connectivity index (χ2n) is 5.65. The van der Waals surface area contributed by atoms with E-state index in [-0.39, 0.29) is 12.2 Å². The van der Waals surface area contributed by atoms with E-state index < -0.39 is 0 Å². The maximum atomic E-state index is 5.80. The number of aromatic amines is 1. The fourth-order valence-corrected chi connectivity index (χ4v) is 3.45. The predicted molar refractivity (Wildman–Crippen MR) is 87.2 cm³/mol. The summed E-state index contributed by atoms with van der Waals surface area (Å²) in [4.78, 5) is 11.4. The summed E-state index contributed by atoms with van der Waals surface area (Å²) < 4.78 is 11.4. The van der Waals surface area contributed by atoms with Crippen LogP contribution < -0.4 is 0 Å². The van der Waals surface area contributed by atoms with E-state index in [2.05, 4.69) is 25.5 Å². The van der Waals surface area contributed by atoms with Gasteiger partial charge in [-0.15, -0.1) is 11.3 Å². The summed E-state index contributed by atoms with van der Waals surface area (Å²) in [7, 11) is 0. The van der Waals surface area contributed by atoms with Gasteiger partial charge in [-0.05, 0) is 20.8 Å². The summed E-state index contributed by atoms with van der Waals surface area (Å²) in [6, 6.07) is 0. The van der Waals surface area contributed by atoms with Crippen molar-refractivity contribution in [3.8, 4) is 0 Å². The Labute approximate surface area is 140 Å². The van der Waals surface area contributed by atoms with Crippen LogP contribution in [0.3, 0.4) is 0 Å². The minimum atomic E-state index is -0.0749. The third kappa shape index (κ3) is 4.14. The predicted octanol–water partition coefficient (Wildman–Crippen LogP) is 2.24. The van der Waals surface area contributed by atoms with Crippen molar-refractivity contribution in [3.05, 3.63) is 27.7 Å².